The van der Waals surface area contributed by atoms with Crippen LogP contribution in [0, 0.1) is 26.7 Å². The number of imidazole rings is 1. The normalized spacial score (nSPS) is 13.5. The summed E-state index contributed by atoms with van der Waals surface area (Å²) in [5.74, 6) is -3.38. The summed E-state index contributed by atoms with van der Waals surface area (Å²) in [4.78, 5) is 21.0. The highest BCUT2D eigenvalue weighted by Gasteiger charge is 2.47. The standard InChI is InChI=1S/C30H30F2N4O/c1-17-8-5-6-11-24(17)25-15-23(33-4)16-26(18(25)2)28-34-19(3)27(36-28)29(37)35-22-10-7-9-21(14-22)30(31,32)20-12-13-20/h5-11,14-16,20,33H,12-13H2,1-4H3,(H,34,36)(H,35,37). The molecule has 4 aromatic rings. The number of carbonyl (C=O) groups is 1. The number of nitrogens with zero attached hydrogens (tertiary/aromatic N) is 1. The van der Waals surface area contributed by atoms with Crippen LogP contribution in [0.25, 0.3) is 22.5 Å². The number of hydrogen-bond donors (Lipinski definition) is 3. The Bertz CT molecular complexity index is 1490. The molecule has 0 bridgehead atoms. The second kappa shape index (κ2) is 9.47. The van der Waals surface area contributed by atoms with Gasteiger partial charge in [-0.1, -0.05) is 36.4 Å². The zero-order valence-electron chi connectivity index (χ0n) is 21.4. The van der Waals surface area contributed by atoms with Gasteiger partial charge in [0.15, 0.2) is 0 Å². The highest BCUT2D eigenvalue weighted by molar-refractivity contribution is 6.04. The SMILES string of the molecule is CNc1cc(-c2nc(C(=O)Nc3cccc(C(F)(F)C4CC4)c3)c(C)[nH]2)c(C)c(-c2ccccc2C)c1. The minimum absolute atomic E-state index is 0.0736. The lowest BCUT2D eigenvalue weighted by molar-refractivity contribution is -0.0285. The zero-order valence-corrected chi connectivity index (χ0v) is 21.4. The highest BCUT2D eigenvalue weighted by atomic mass is 19.3. The molecule has 0 aliphatic heterocycles. The molecule has 3 N–H and O–H groups in total. The van der Waals surface area contributed by atoms with E-state index in [2.05, 4.69) is 45.7 Å². The van der Waals surface area contributed by atoms with Gasteiger partial charge >= 0.3 is 0 Å². The molecule has 5 rings (SSSR count). The first-order chi connectivity index (χ1) is 17.7. The van der Waals surface area contributed by atoms with Gasteiger partial charge < -0.3 is 15.6 Å². The molecule has 1 heterocycles. The Morgan fingerprint density at radius 1 is 0.946 bits per heavy atom. The van der Waals surface area contributed by atoms with E-state index in [9.17, 15) is 13.6 Å². The summed E-state index contributed by atoms with van der Waals surface area (Å²) in [7, 11) is 1.86. The van der Waals surface area contributed by atoms with E-state index in [0.717, 1.165) is 33.5 Å². The first kappa shape index (κ1) is 24.7. The number of aromatic nitrogens is 2. The Balaban J connectivity index is 1.47. The van der Waals surface area contributed by atoms with Crippen LogP contribution in [0.4, 0.5) is 20.2 Å². The number of aromatic amines is 1. The maximum Gasteiger partial charge on any atom is 0.276 e. The molecule has 0 saturated heterocycles. The quantitative estimate of drug-likeness (QED) is 0.247. The first-order valence-corrected chi connectivity index (χ1v) is 12.4. The summed E-state index contributed by atoms with van der Waals surface area (Å²) < 4.78 is 29.2. The predicted octanol–water partition coefficient (Wildman–Crippen LogP) is 7.46. The minimum atomic E-state index is -2.89. The fourth-order valence-corrected chi connectivity index (χ4v) is 4.74. The molecule has 190 valence electrons. The summed E-state index contributed by atoms with van der Waals surface area (Å²) in [5.41, 5.74) is 7.26. The summed E-state index contributed by atoms with van der Waals surface area (Å²) in [6.07, 6.45) is 1.05. The summed E-state index contributed by atoms with van der Waals surface area (Å²) in [6, 6.07) is 18.2. The predicted molar refractivity (Wildman–Crippen MR) is 144 cm³/mol. The van der Waals surface area contributed by atoms with E-state index >= 15 is 0 Å². The van der Waals surface area contributed by atoms with Crippen LogP contribution in [-0.4, -0.2) is 22.9 Å². The van der Waals surface area contributed by atoms with Crippen LogP contribution >= 0.6 is 0 Å². The van der Waals surface area contributed by atoms with Gasteiger partial charge in [0.2, 0.25) is 0 Å². The number of hydrogen-bond acceptors (Lipinski definition) is 3. The Labute approximate surface area is 215 Å². The molecule has 3 aromatic carbocycles. The Morgan fingerprint density at radius 3 is 2.38 bits per heavy atom. The van der Waals surface area contributed by atoms with Gasteiger partial charge in [0.05, 0.1) is 0 Å². The molecule has 0 unspecified atom stereocenters. The molecule has 5 nitrogen and oxygen atoms in total. The van der Waals surface area contributed by atoms with Crippen molar-refractivity contribution in [3.05, 3.63) is 88.7 Å². The van der Waals surface area contributed by atoms with E-state index in [1.807, 2.05) is 32.2 Å². The molecular formula is C30H30F2N4O. The third-order valence-corrected chi connectivity index (χ3v) is 7.08. The van der Waals surface area contributed by atoms with E-state index in [-0.39, 0.29) is 11.3 Å². The van der Waals surface area contributed by atoms with Gasteiger partial charge in [-0.05, 0) is 80.1 Å². The number of rotatable bonds is 7. The van der Waals surface area contributed by atoms with Crippen molar-refractivity contribution in [1.29, 1.82) is 0 Å². The highest BCUT2D eigenvalue weighted by Crippen LogP contribution is 2.50. The van der Waals surface area contributed by atoms with E-state index in [0.29, 0.717) is 30.0 Å². The van der Waals surface area contributed by atoms with Gasteiger partial charge in [-0.25, -0.2) is 13.8 Å². The number of carbonyl (C=O) groups excluding carboxylic acids is 1. The van der Waals surface area contributed by atoms with Crippen molar-refractivity contribution in [3.63, 3.8) is 0 Å². The first-order valence-electron chi connectivity index (χ1n) is 12.4. The van der Waals surface area contributed by atoms with Crippen LogP contribution in [0.3, 0.4) is 0 Å². The fraction of sp³-hybridized carbons (Fsp3) is 0.267. The average molecular weight is 501 g/mol. The lowest BCUT2D eigenvalue weighted by atomic mass is 9.92. The summed E-state index contributed by atoms with van der Waals surface area (Å²) >= 11 is 0. The van der Waals surface area contributed by atoms with Crippen LogP contribution in [0.1, 0.15) is 45.7 Å². The lowest BCUT2D eigenvalue weighted by Crippen LogP contribution is -2.18. The third-order valence-electron chi connectivity index (χ3n) is 7.08. The molecule has 7 heteroatoms. The number of aryl methyl sites for hydroxylation is 2. The van der Waals surface area contributed by atoms with Crippen LogP contribution < -0.4 is 10.6 Å². The molecular weight excluding hydrogens is 470 g/mol. The van der Waals surface area contributed by atoms with E-state index in [1.165, 1.54) is 12.1 Å². The third kappa shape index (κ3) is 4.73. The van der Waals surface area contributed by atoms with Gasteiger partial charge in [0.25, 0.3) is 11.8 Å². The van der Waals surface area contributed by atoms with Gasteiger partial charge in [0, 0.05) is 41.2 Å². The molecule has 1 fully saturated rings. The average Bonchev–Trinajstić information content (AvgIpc) is 3.67. The van der Waals surface area contributed by atoms with Crippen LogP contribution in [0.5, 0.6) is 0 Å². The monoisotopic (exact) mass is 500 g/mol. The van der Waals surface area contributed by atoms with Crippen molar-refractivity contribution in [2.24, 2.45) is 5.92 Å². The number of benzene rings is 3. The molecule has 1 aromatic heterocycles. The largest absolute Gasteiger partial charge is 0.388 e. The van der Waals surface area contributed by atoms with Crippen LogP contribution in [-0.2, 0) is 5.92 Å². The fourth-order valence-electron chi connectivity index (χ4n) is 4.74. The van der Waals surface area contributed by atoms with Crippen molar-refractivity contribution >= 4 is 17.3 Å². The number of H-pyrrole nitrogens is 1. The van der Waals surface area contributed by atoms with E-state index in [1.54, 1.807) is 19.1 Å². The number of alkyl halides is 2. The van der Waals surface area contributed by atoms with Crippen molar-refractivity contribution in [1.82, 2.24) is 9.97 Å². The molecule has 1 aliphatic rings. The van der Waals surface area contributed by atoms with Crippen molar-refractivity contribution in [2.45, 2.75) is 39.5 Å². The molecule has 0 radical (unpaired) electrons. The molecule has 1 amide bonds. The van der Waals surface area contributed by atoms with Gasteiger partial charge in [-0.3, -0.25) is 4.79 Å². The number of nitrogens with one attached hydrogen (secondary N) is 3. The van der Waals surface area contributed by atoms with Crippen molar-refractivity contribution in [3.8, 4) is 22.5 Å². The maximum atomic E-state index is 14.6. The summed E-state index contributed by atoms with van der Waals surface area (Å²) in [5, 5.41) is 5.97. The van der Waals surface area contributed by atoms with E-state index in [4.69, 9.17) is 0 Å². The molecule has 0 atom stereocenters. The van der Waals surface area contributed by atoms with Gasteiger partial charge in [0.1, 0.15) is 11.5 Å². The second-order valence-corrected chi connectivity index (χ2v) is 9.75. The smallest absolute Gasteiger partial charge is 0.276 e. The minimum Gasteiger partial charge on any atom is -0.388 e. The topological polar surface area (TPSA) is 69.8 Å². The number of anilines is 2. The Hall–Kier alpha value is -4.00. The van der Waals surface area contributed by atoms with Crippen molar-refractivity contribution in [2.75, 3.05) is 17.7 Å². The summed E-state index contributed by atoms with van der Waals surface area (Å²) in [6.45, 7) is 5.90. The van der Waals surface area contributed by atoms with Crippen LogP contribution in [0.15, 0.2) is 60.7 Å². The maximum absolute atomic E-state index is 14.6. The Kier molecular flexibility index (Phi) is 6.31. The Morgan fingerprint density at radius 2 is 1.68 bits per heavy atom. The van der Waals surface area contributed by atoms with Gasteiger partial charge in [-0.15, -0.1) is 0 Å². The zero-order chi connectivity index (χ0) is 26.3. The molecule has 37 heavy (non-hydrogen) atoms. The van der Waals surface area contributed by atoms with E-state index < -0.39 is 17.7 Å². The lowest BCUT2D eigenvalue weighted by Gasteiger charge is -2.17. The molecule has 1 saturated carbocycles. The second-order valence-electron chi connectivity index (χ2n) is 9.75. The van der Waals surface area contributed by atoms with Crippen molar-refractivity contribution < 1.29 is 13.6 Å². The number of amides is 1. The molecule has 0 spiro atoms. The molecule has 1 aliphatic carbocycles. The number of halogens is 2. The van der Waals surface area contributed by atoms with Gasteiger partial charge in [-0.2, -0.15) is 0 Å². The van der Waals surface area contributed by atoms with Crippen LogP contribution in [0.2, 0.25) is 0 Å².